The summed E-state index contributed by atoms with van der Waals surface area (Å²) in [5.41, 5.74) is 0.153. The van der Waals surface area contributed by atoms with Crippen LogP contribution in [0.5, 0.6) is 0 Å². The van der Waals surface area contributed by atoms with Crippen molar-refractivity contribution in [1.82, 2.24) is 0 Å². The molecule has 0 radical (unpaired) electrons. The van der Waals surface area contributed by atoms with E-state index in [9.17, 15) is 9.90 Å². The SMILES string of the molecule is CC(C)(CC(=O)O)CC(O)c1ccc(Cl)c(Cl)c1. The third-order valence-corrected chi connectivity index (χ3v) is 3.44. The molecule has 0 aliphatic heterocycles. The molecule has 3 nitrogen and oxygen atoms in total. The van der Waals surface area contributed by atoms with Crippen LogP contribution in [0.2, 0.25) is 10.0 Å². The van der Waals surface area contributed by atoms with Crippen LogP contribution in [-0.2, 0) is 4.79 Å². The van der Waals surface area contributed by atoms with E-state index in [0.29, 0.717) is 22.0 Å². The van der Waals surface area contributed by atoms with Gasteiger partial charge >= 0.3 is 5.97 Å². The van der Waals surface area contributed by atoms with Crippen LogP contribution in [0.15, 0.2) is 18.2 Å². The second kappa shape index (κ2) is 5.91. The Hall–Kier alpha value is -0.770. The fourth-order valence-corrected chi connectivity index (χ4v) is 2.15. The summed E-state index contributed by atoms with van der Waals surface area (Å²) < 4.78 is 0. The minimum atomic E-state index is -0.874. The number of carboxylic acid groups (broad SMARTS) is 1. The molecular formula is C13H16Cl2O3. The maximum Gasteiger partial charge on any atom is 0.303 e. The first-order chi connectivity index (χ1) is 8.21. The summed E-state index contributed by atoms with van der Waals surface area (Å²) in [6.45, 7) is 3.61. The van der Waals surface area contributed by atoms with Crippen LogP contribution >= 0.6 is 23.2 Å². The lowest BCUT2D eigenvalue weighted by Crippen LogP contribution is -2.20. The number of hydrogen-bond donors (Lipinski definition) is 2. The topological polar surface area (TPSA) is 57.5 Å². The van der Waals surface area contributed by atoms with Crippen LogP contribution in [0.25, 0.3) is 0 Å². The number of carboxylic acids is 1. The van der Waals surface area contributed by atoms with Gasteiger partial charge in [0.2, 0.25) is 0 Å². The van der Waals surface area contributed by atoms with E-state index in [1.54, 1.807) is 18.2 Å². The molecule has 0 aliphatic rings. The molecule has 2 N–H and O–H groups in total. The molecule has 1 rings (SSSR count). The lowest BCUT2D eigenvalue weighted by Gasteiger charge is -2.25. The molecule has 0 heterocycles. The van der Waals surface area contributed by atoms with Crippen molar-refractivity contribution in [3.63, 3.8) is 0 Å². The van der Waals surface area contributed by atoms with Crippen molar-refractivity contribution >= 4 is 29.2 Å². The molecule has 0 spiro atoms. The van der Waals surface area contributed by atoms with Gasteiger partial charge in [-0.15, -0.1) is 0 Å². The fourth-order valence-electron chi connectivity index (χ4n) is 1.84. The largest absolute Gasteiger partial charge is 0.481 e. The van der Waals surface area contributed by atoms with Crippen LogP contribution in [-0.4, -0.2) is 16.2 Å². The zero-order valence-corrected chi connectivity index (χ0v) is 11.8. The monoisotopic (exact) mass is 290 g/mol. The third kappa shape index (κ3) is 4.48. The average molecular weight is 291 g/mol. The van der Waals surface area contributed by atoms with Crippen molar-refractivity contribution in [3.8, 4) is 0 Å². The van der Waals surface area contributed by atoms with E-state index in [0.717, 1.165) is 0 Å². The van der Waals surface area contributed by atoms with Gasteiger partial charge in [0, 0.05) is 0 Å². The maximum atomic E-state index is 10.7. The highest BCUT2D eigenvalue weighted by atomic mass is 35.5. The molecular weight excluding hydrogens is 275 g/mol. The van der Waals surface area contributed by atoms with Gasteiger partial charge in [-0.05, 0) is 29.5 Å². The van der Waals surface area contributed by atoms with Gasteiger partial charge in [-0.3, -0.25) is 4.79 Å². The second-order valence-corrected chi connectivity index (χ2v) is 5.94. The van der Waals surface area contributed by atoms with Gasteiger partial charge in [0.15, 0.2) is 0 Å². The highest BCUT2D eigenvalue weighted by molar-refractivity contribution is 6.42. The predicted octanol–water partition coefficient (Wildman–Crippen LogP) is 3.92. The van der Waals surface area contributed by atoms with Crippen LogP contribution in [0, 0.1) is 5.41 Å². The molecule has 0 aliphatic carbocycles. The molecule has 0 fully saturated rings. The first-order valence-electron chi connectivity index (χ1n) is 5.56. The van der Waals surface area contributed by atoms with Crippen molar-refractivity contribution in [2.45, 2.75) is 32.8 Å². The van der Waals surface area contributed by atoms with Gasteiger partial charge in [-0.1, -0.05) is 43.1 Å². The zero-order valence-electron chi connectivity index (χ0n) is 10.3. The van der Waals surface area contributed by atoms with E-state index >= 15 is 0 Å². The molecule has 1 atom stereocenters. The number of aliphatic hydroxyl groups excluding tert-OH is 1. The fraction of sp³-hybridized carbons (Fsp3) is 0.462. The van der Waals surface area contributed by atoms with Crippen molar-refractivity contribution in [3.05, 3.63) is 33.8 Å². The first kappa shape index (κ1) is 15.3. The summed E-state index contributed by atoms with van der Waals surface area (Å²) >= 11 is 11.7. The number of aliphatic carboxylic acids is 1. The number of hydrogen-bond acceptors (Lipinski definition) is 2. The molecule has 100 valence electrons. The number of rotatable bonds is 5. The van der Waals surface area contributed by atoms with Crippen molar-refractivity contribution in [2.75, 3.05) is 0 Å². The van der Waals surface area contributed by atoms with Crippen molar-refractivity contribution in [2.24, 2.45) is 5.41 Å². The average Bonchev–Trinajstić information content (AvgIpc) is 2.19. The van der Waals surface area contributed by atoms with E-state index < -0.39 is 17.5 Å². The Morgan fingerprint density at radius 3 is 2.44 bits per heavy atom. The number of carbonyl (C=O) groups is 1. The van der Waals surface area contributed by atoms with Gasteiger partial charge in [-0.2, -0.15) is 0 Å². The van der Waals surface area contributed by atoms with Gasteiger partial charge < -0.3 is 10.2 Å². The Kier molecular flexibility index (Phi) is 5.02. The molecule has 5 heteroatoms. The summed E-state index contributed by atoms with van der Waals surface area (Å²) in [5, 5.41) is 19.7. The second-order valence-electron chi connectivity index (χ2n) is 5.13. The number of aliphatic hydroxyl groups is 1. The lowest BCUT2D eigenvalue weighted by atomic mass is 9.82. The normalized spacial score (nSPS) is 13.4. The van der Waals surface area contributed by atoms with Crippen molar-refractivity contribution in [1.29, 1.82) is 0 Å². The molecule has 0 aromatic heterocycles. The summed E-state index contributed by atoms with van der Waals surface area (Å²) in [5.74, 6) is -0.874. The highest BCUT2D eigenvalue weighted by Gasteiger charge is 2.26. The van der Waals surface area contributed by atoms with Crippen molar-refractivity contribution < 1.29 is 15.0 Å². The van der Waals surface area contributed by atoms with E-state index in [-0.39, 0.29) is 6.42 Å². The minimum Gasteiger partial charge on any atom is -0.481 e. The van der Waals surface area contributed by atoms with Crippen LogP contribution in [0.1, 0.15) is 38.4 Å². The summed E-state index contributed by atoms with van der Waals surface area (Å²) in [7, 11) is 0. The highest BCUT2D eigenvalue weighted by Crippen LogP contribution is 2.34. The zero-order chi connectivity index (χ0) is 13.9. The molecule has 1 aromatic rings. The molecule has 0 saturated carbocycles. The third-order valence-electron chi connectivity index (χ3n) is 2.70. The molecule has 0 amide bonds. The summed E-state index contributed by atoms with van der Waals surface area (Å²) in [6, 6.07) is 4.91. The maximum absolute atomic E-state index is 10.7. The van der Waals surface area contributed by atoms with E-state index in [1.807, 2.05) is 13.8 Å². The van der Waals surface area contributed by atoms with E-state index in [4.69, 9.17) is 28.3 Å². The molecule has 0 saturated heterocycles. The summed E-state index contributed by atoms with van der Waals surface area (Å²) in [6.07, 6.45) is -0.406. The van der Waals surface area contributed by atoms with E-state index in [1.165, 1.54) is 0 Å². The predicted molar refractivity (Wildman–Crippen MR) is 72.1 cm³/mol. The lowest BCUT2D eigenvalue weighted by molar-refractivity contribution is -0.139. The molecule has 18 heavy (non-hydrogen) atoms. The molecule has 1 aromatic carbocycles. The Balaban J connectivity index is 2.78. The molecule has 1 unspecified atom stereocenters. The van der Waals surface area contributed by atoms with Gasteiger partial charge in [0.25, 0.3) is 0 Å². The van der Waals surface area contributed by atoms with Gasteiger partial charge in [-0.25, -0.2) is 0 Å². The van der Waals surface area contributed by atoms with Crippen LogP contribution in [0.3, 0.4) is 0 Å². The van der Waals surface area contributed by atoms with Gasteiger partial charge in [0.05, 0.1) is 22.6 Å². The standard InChI is InChI=1S/C13H16Cl2O3/c1-13(2,7-12(17)18)6-11(16)8-3-4-9(14)10(15)5-8/h3-5,11,16H,6-7H2,1-2H3,(H,17,18). The van der Waals surface area contributed by atoms with Crippen LogP contribution < -0.4 is 0 Å². The van der Waals surface area contributed by atoms with Crippen LogP contribution in [0.4, 0.5) is 0 Å². The van der Waals surface area contributed by atoms with Gasteiger partial charge in [0.1, 0.15) is 0 Å². The number of benzene rings is 1. The first-order valence-corrected chi connectivity index (χ1v) is 6.32. The summed E-state index contributed by atoms with van der Waals surface area (Å²) in [4.78, 5) is 10.7. The smallest absolute Gasteiger partial charge is 0.303 e. The Labute approximate surface area is 116 Å². The van der Waals surface area contributed by atoms with E-state index in [2.05, 4.69) is 0 Å². The number of halogens is 2. The molecule has 0 bridgehead atoms. The quantitative estimate of drug-likeness (QED) is 0.864. The minimum absolute atomic E-state index is 0.00534. The Bertz CT molecular complexity index is 444. The Morgan fingerprint density at radius 1 is 1.33 bits per heavy atom. The Morgan fingerprint density at radius 2 is 1.94 bits per heavy atom.